The summed E-state index contributed by atoms with van der Waals surface area (Å²) in [6.07, 6.45) is 3.81. The third-order valence-corrected chi connectivity index (χ3v) is 4.36. The first-order chi connectivity index (χ1) is 8.32. The summed E-state index contributed by atoms with van der Waals surface area (Å²) < 4.78 is 1.34. The molecule has 0 bridgehead atoms. The Morgan fingerprint density at radius 1 is 1.28 bits per heavy atom. The third kappa shape index (κ3) is 2.39. The molecule has 0 unspecified atom stereocenters. The Hall–Kier alpha value is -1.03. The van der Waals surface area contributed by atoms with Crippen LogP contribution in [0.1, 0.15) is 51.1 Å². The molecule has 18 heavy (non-hydrogen) atoms. The molecule has 0 aromatic carbocycles. The summed E-state index contributed by atoms with van der Waals surface area (Å²) in [5.41, 5.74) is 0.0868. The highest BCUT2D eigenvalue weighted by atomic mass is 35.5. The van der Waals surface area contributed by atoms with Gasteiger partial charge in [0.1, 0.15) is 5.15 Å². The van der Waals surface area contributed by atoms with Crippen molar-refractivity contribution >= 4 is 11.6 Å². The third-order valence-electron chi connectivity index (χ3n) is 3.98. The van der Waals surface area contributed by atoms with E-state index in [1.165, 1.54) is 4.57 Å². The van der Waals surface area contributed by atoms with Crippen molar-refractivity contribution in [1.29, 1.82) is 0 Å². The zero-order valence-corrected chi connectivity index (χ0v) is 11.8. The molecule has 1 aliphatic carbocycles. The summed E-state index contributed by atoms with van der Waals surface area (Å²) in [6.45, 7) is 6.09. The van der Waals surface area contributed by atoms with Gasteiger partial charge in [-0.15, -0.1) is 0 Å². The molecule has 4 nitrogen and oxygen atoms in total. The number of halogens is 1. The monoisotopic (exact) mass is 270 g/mol. The van der Waals surface area contributed by atoms with Crippen LogP contribution in [0.15, 0.2) is 9.59 Å². The van der Waals surface area contributed by atoms with Crippen LogP contribution >= 0.6 is 11.6 Å². The van der Waals surface area contributed by atoms with Crippen LogP contribution in [0.25, 0.3) is 0 Å². The van der Waals surface area contributed by atoms with Gasteiger partial charge in [-0.2, -0.15) is 0 Å². The minimum atomic E-state index is -0.389. The van der Waals surface area contributed by atoms with Crippen molar-refractivity contribution in [2.75, 3.05) is 0 Å². The lowest BCUT2D eigenvalue weighted by atomic mass is 9.75. The highest BCUT2D eigenvalue weighted by molar-refractivity contribution is 6.30. The average Bonchev–Trinajstić information content (AvgIpc) is 2.28. The molecule has 1 fully saturated rings. The fourth-order valence-corrected chi connectivity index (χ4v) is 2.75. The summed E-state index contributed by atoms with van der Waals surface area (Å²) in [5.74, 6) is 0. The van der Waals surface area contributed by atoms with E-state index in [-0.39, 0.29) is 22.4 Å². The molecule has 0 atom stereocenters. The summed E-state index contributed by atoms with van der Waals surface area (Å²) in [7, 11) is 0. The minimum absolute atomic E-state index is 0.00485. The Balaban J connectivity index is 2.39. The normalized spacial score (nSPS) is 20.0. The number of aromatic nitrogens is 2. The van der Waals surface area contributed by atoms with E-state index in [2.05, 4.69) is 18.8 Å². The Morgan fingerprint density at radius 2 is 1.83 bits per heavy atom. The van der Waals surface area contributed by atoms with E-state index in [9.17, 15) is 9.59 Å². The summed E-state index contributed by atoms with van der Waals surface area (Å²) in [6, 6.07) is 0.00485. The van der Waals surface area contributed by atoms with Crippen LogP contribution in [0.3, 0.4) is 0 Å². The van der Waals surface area contributed by atoms with Gasteiger partial charge < -0.3 is 0 Å². The fraction of sp³-hybridized carbons (Fsp3) is 0.692. The number of rotatable bonds is 1. The van der Waals surface area contributed by atoms with E-state index in [1.807, 2.05) is 0 Å². The molecule has 1 heterocycles. The van der Waals surface area contributed by atoms with E-state index in [4.69, 9.17) is 11.6 Å². The van der Waals surface area contributed by atoms with E-state index in [1.54, 1.807) is 6.92 Å². The zero-order valence-electron chi connectivity index (χ0n) is 11.0. The molecule has 1 aromatic heterocycles. The van der Waals surface area contributed by atoms with Gasteiger partial charge in [0.05, 0.1) is 0 Å². The lowest BCUT2D eigenvalue weighted by Gasteiger charge is -2.34. The second-order valence-corrected chi connectivity index (χ2v) is 6.32. The van der Waals surface area contributed by atoms with Crippen LogP contribution in [-0.2, 0) is 0 Å². The first kappa shape index (κ1) is 13.4. The highest BCUT2D eigenvalue weighted by Crippen LogP contribution is 2.39. The van der Waals surface area contributed by atoms with E-state index in [0.717, 1.165) is 25.7 Å². The Bertz CT molecular complexity index is 561. The molecule has 1 saturated carbocycles. The maximum Gasteiger partial charge on any atom is 0.329 e. The standard InChI is InChI=1S/C13H19ClN2O2/c1-8-10(14)15-12(18)16(11(8)17)9-4-6-13(2,3)7-5-9/h9H,4-7H2,1-3H3,(H,15,18). The number of nitrogens with one attached hydrogen (secondary N) is 1. The van der Waals surface area contributed by atoms with Crippen molar-refractivity contribution in [1.82, 2.24) is 9.55 Å². The molecule has 2 rings (SSSR count). The van der Waals surface area contributed by atoms with Gasteiger partial charge in [-0.1, -0.05) is 25.4 Å². The summed E-state index contributed by atoms with van der Waals surface area (Å²) >= 11 is 5.81. The van der Waals surface area contributed by atoms with Crippen LogP contribution in [0.2, 0.25) is 5.15 Å². The van der Waals surface area contributed by atoms with Crippen molar-refractivity contribution in [2.24, 2.45) is 5.41 Å². The molecule has 1 aromatic rings. The Morgan fingerprint density at radius 3 is 2.39 bits per heavy atom. The van der Waals surface area contributed by atoms with Crippen molar-refractivity contribution < 1.29 is 0 Å². The molecule has 1 aliphatic rings. The largest absolute Gasteiger partial charge is 0.329 e. The Kier molecular flexibility index (Phi) is 3.41. The smallest absolute Gasteiger partial charge is 0.297 e. The molecule has 1 N–H and O–H groups in total. The molecular weight excluding hydrogens is 252 g/mol. The second kappa shape index (κ2) is 4.57. The fourth-order valence-electron chi connectivity index (χ4n) is 2.59. The average molecular weight is 271 g/mol. The number of H-pyrrole nitrogens is 1. The van der Waals surface area contributed by atoms with E-state index in [0.29, 0.717) is 11.0 Å². The molecule has 100 valence electrons. The molecule has 0 spiro atoms. The highest BCUT2D eigenvalue weighted by Gasteiger charge is 2.29. The summed E-state index contributed by atoms with van der Waals surface area (Å²) in [5, 5.41) is 0.150. The summed E-state index contributed by atoms with van der Waals surface area (Å²) in [4.78, 5) is 26.6. The van der Waals surface area contributed by atoms with Gasteiger partial charge in [-0.25, -0.2) is 4.79 Å². The molecule has 0 aliphatic heterocycles. The van der Waals surface area contributed by atoms with Crippen molar-refractivity contribution in [3.8, 4) is 0 Å². The van der Waals surface area contributed by atoms with Crippen LogP contribution in [0.5, 0.6) is 0 Å². The first-order valence-electron chi connectivity index (χ1n) is 6.33. The van der Waals surface area contributed by atoms with Crippen molar-refractivity contribution in [3.63, 3.8) is 0 Å². The predicted octanol–water partition coefficient (Wildman–Crippen LogP) is 2.64. The molecule has 0 radical (unpaired) electrons. The molecule has 0 amide bonds. The van der Waals surface area contributed by atoms with Crippen LogP contribution < -0.4 is 11.2 Å². The van der Waals surface area contributed by atoms with Gasteiger partial charge in [0.15, 0.2) is 0 Å². The van der Waals surface area contributed by atoms with Gasteiger partial charge in [0, 0.05) is 11.6 Å². The van der Waals surface area contributed by atoms with E-state index >= 15 is 0 Å². The number of aromatic amines is 1. The predicted molar refractivity (Wildman–Crippen MR) is 72.4 cm³/mol. The van der Waals surface area contributed by atoms with E-state index < -0.39 is 0 Å². The number of nitrogens with zero attached hydrogens (tertiary/aromatic N) is 1. The van der Waals surface area contributed by atoms with Gasteiger partial charge in [0.25, 0.3) is 5.56 Å². The van der Waals surface area contributed by atoms with Gasteiger partial charge in [0.2, 0.25) is 0 Å². The van der Waals surface area contributed by atoms with Crippen LogP contribution in [-0.4, -0.2) is 9.55 Å². The van der Waals surface area contributed by atoms with Gasteiger partial charge in [-0.3, -0.25) is 14.3 Å². The lowest BCUT2D eigenvalue weighted by Crippen LogP contribution is -2.41. The number of hydrogen-bond acceptors (Lipinski definition) is 2. The number of hydrogen-bond donors (Lipinski definition) is 1. The van der Waals surface area contributed by atoms with Crippen molar-refractivity contribution in [2.45, 2.75) is 52.5 Å². The van der Waals surface area contributed by atoms with Crippen LogP contribution in [0, 0.1) is 12.3 Å². The zero-order chi connectivity index (χ0) is 13.5. The van der Waals surface area contributed by atoms with Crippen LogP contribution in [0.4, 0.5) is 0 Å². The second-order valence-electron chi connectivity index (χ2n) is 5.94. The van der Waals surface area contributed by atoms with Gasteiger partial charge >= 0.3 is 5.69 Å². The topological polar surface area (TPSA) is 54.9 Å². The molecule has 0 saturated heterocycles. The minimum Gasteiger partial charge on any atom is -0.297 e. The van der Waals surface area contributed by atoms with Gasteiger partial charge in [-0.05, 0) is 38.0 Å². The maximum atomic E-state index is 12.1. The first-order valence-corrected chi connectivity index (χ1v) is 6.70. The lowest BCUT2D eigenvalue weighted by molar-refractivity contribution is 0.188. The maximum absolute atomic E-state index is 12.1. The molecule has 5 heteroatoms. The molecular formula is C13H19ClN2O2. The quantitative estimate of drug-likeness (QED) is 0.798. The van der Waals surface area contributed by atoms with Crippen molar-refractivity contribution in [3.05, 3.63) is 31.6 Å². The Labute approximate surface area is 111 Å². The SMILES string of the molecule is Cc1c(Cl)[nH]c(=O)n(C2CCC(C)(C)CC2)c1=O.